The lowest BCUT2D eigenvalue weighted by Crippen LogP contribution is -2.35. The molecule has 0 saturated heterocycles. The van der Waals surface area contributed by atoms with Crippen molar-refractivity contribution in [2.75, 3.05) is 25.2 Å². The van der Waals surface area contributed by atoms with E-state index in [4.69, 9.17) is 22.1 Å². The summed E-state index contributed by atoms with van der Waals surface area (Å²) in [5, 5.41) is 0.791. The van der Waals surface area contributed by atoms with E-state index in [0.29, 0.717) is 12.6 Å². The van der Waals surface area contributed by atoms with Crippen molar-refractivity contribution in [3.63, 3.8) is 0 Å². The molecule has 0 heterocycles. The smallest absolute Gasteiger partial charge is 0.0642 e. The summed E-state index contributed by atoms with van der Waals surface area (Å²) >= 11 is 6.46. The Morgan fingerprint density at radius 3 is 2.55 bits per heavy atom. The van der Waals surface area contributed by atoms with Gasteiger partial charge in [-0.25, -0.2) is 0 Å². The zero-order valence-corrected chi connectivity index (χ0v) is 13.8. The van der Waals surface area contributed by atoms with Gasteiger partial charge in [0.1, 0.15) is 0 Å². The molecule has 3 nitrogen and oxygen atoms in total. The normalized spacial score (nSPS) is 14.1. The van der Waals surface area contributed by atoms with E-state index in [1.165, 1.54) is 5.56 Å². The fraction of sp³-hybridized carbons (Fsp3) is 0.625. The van der Waals surface area contributed by atoms with Crippen LogP contribution in [0.2, 0.25) is 5.02 Å². The van der Waals surface area contributed by atoms with Gasteiger partial charge in [0.05, 0.1) is 17.3 Å². The Labute approximate surface area is 128 Å². The average Bonchev–Trinajstić information content (AvgIpc) is 2.40. The van der Waals surface area contributed by atoms with E-state index in [2.05, 4.69) is 30.9 Å². The van der Waals surface area contributed by atoms with Crippen LogP contribution in [0.1, 0.15) is 32.8 Å². The molecule has 0 radical (unpaired) electrons. The van der Waals surface area contributed by atoms with Crippen LogP contribution in [0.25, 0.3) is 0 Å². The van der Waals surface area contributed by atoms with Crippen LogP contribution in [0.5, 0.6) is 0 Å². The number of nitrogens with zero attached hydrogens (tertiary/aromatic N) is 1. The summed E-state index contributed by atoms with van der Waals surface area (Å²) in [4.78, 5) is 2.31. The van der Waals surface area contributed by atoms with Gasteiger partial charge in [-0.3, -0.25) is 0 Å². The Morgan fingerprint density at radius 2 is 2.05 bits per heavy atom. The van der Waals surface area contributed by atoms with E-state index in [1.54, 1.807) is 7.11 Å². The lowest BCUT2D eigenvalue weighted by atomic mass is 10.1. The van der Waals surface area contributed by atoms with Gasteiger partial charge in [0, 0.05) is 25.7 Å². The summed E-state index contributed by atoms with van der Waals surface area (Å²) in [6.07, 6.45) is 1.92. The maximum atomic E-state index is 6.46. The minimum Gasteiger partial charge on any atom is -0.383 e. The summed E-state index contributed by atoms with van der Waals surface area (Å²) in [5.41, 5.74) is 8.10. The van der Waals surface area contributed by atoms with Crippen molar-refractivity contribution >= 4 is 17.3 Å². The van der Waals surface area contributed by atoms with Crippen molar-refractivity contribution < 1.29 is 4.74 Å². The van der Waals surface area contributed by atoms with E-state index < -0.39 is 0 Å². The van der Waals surface area contributed by atoms with Gasteiger partial charge in [-0.05, 0) is 44.4 Å². The van der Waals surface area contributed by atoms with E-state index in [0.717, 1.165) is 30.1 Å². The third kappa shape index (κ3) is 4.97. The summed E-state index contributed by atoms with van der Waals surface area (Å²) in [6.45, 7) is 7.94. The first kappa shape index (κ1) is 17.3. The predicted molar refractivity (Wildman–Crippen MR) is 87.8 cm³/mol. The average molecular weight is 299 g/mol. The molecule has 0 aromatic heterocycles. The minimum atomic E-state index is 0.149. The highest BCUT2D eigenvalue weighted by molar-refractivity contribution is 6.33. The van der Waals surface area contributed by atoms with Crippen LogP contribution in [0, 0.1) is 0 Å². The van der Waals surface area contributed by atoms with Crippen LogP contribution in [0.3, 0.4) is 0 Å². The monoisotopic (exact) mass is 298 g/mol. The Balaban J connectivity index is 2.95. The molecule has 0 aliphatic carbocycles. The molecule has 0 aliphatic rings. The summed E-state index contributed by atoms with van der Waals surface area (Å²) < 4.78 is 5.20. The van der Waals surface area contributed by atoms with Crippen LogP contribution in [0.4, 0.5) is 5.69 Å². The molecule has 0 amide bonds. The molecule has 2 N–H and O–H groups in total. The van der Waals surface area contributed by atoms with Crippen LogP contribution < -0.4 is 10.6 Å². The van der Waals surface area contributed by atoms with E-state index in [1.807, 2.05) is 13.0 Å². The largest absolute Gasteiger partial charge is 0.383 e. The third-order valence-corrected chi connectivity index (χ3v) is 3.84. The van der Waals surface area contributed by atoms with Gasteiger partial charge in [0.25, 0.3) is 0 Å². The molecule has 114 valence electrons. The molecule has 0 saturated carbocycles. The third-order valence-electron chi connectivity index (χ3n) is 3.54. The van der Waals surface area contributed by atoms with Gasteiger partial charge in [-0.1, -0.05) is 24.6 Å². The number of benzene rings is 1. The molecule has 0 bridgehead atoms. The Morgan fingerprint density at radius 1 is 1.35 bits per heavy atom. The van der Waals surface area contributed by atoms with Gasteiger partial charge < -0.3 is 15.4 Å². The van der Waals surface area contributed by atoms with Gasteiger partial charge in [0.15, 0.2) is 0 Å². The number of ether oxygens (including phenoxy) is 1. The van der Waals surface area contributed by atoms with Gasteiger partial charge in [0.2, 0.25) is 0 Å². The molecule has 0 aliphatic heterocycles. The molecular formula is C16H27ClN2O. The second-order valence-electron chi connectivity index (χ2n) is 5.41. The summed E-state index contributed by atoms with van der Waals surface area (Å²) in [7, 11) is 1.72. The highest BCUT2D eigenvalue weighted by atomic mass is 35.5. The summed E-state index contributed by atoms with van der Waals surface area (Å²) in [5.74, 6) is 0. The van der Waals surface area contributed by atoms with Crippen LogP contribution in [-0.4, -0.2) is 32.3 Å². The fourth-order valence-electron chi connectivity index (χ4n) is 2.27. The summed E-state index contributed by atoms with van der Waals surface area (Å²) in [6, 6.07) is 6.83. The van der Waals surface area contributed by atoms with Crippen molar-refractivity contribution in [1.29, 1.82) is 0 Å². The molecule has 2 unspecified atom stereocenters. The number of methoxy groups -OCH3 is 1. The molecular weight excluding hydrogens is 272 g/mol. The predicted octanol–water partition coefficient (Wildman–Crippen LogP) is 3.48. The Bertz CT molecular complexity index is 409. The molecule has 20 heavy (non-hydrogen) atoms. The zero-order valence-electron chi connectivity index (χ0n) is 13.0. The molecule has 1 aromatic rings. The first-order valence-corrected chi connectivity index (χ1v) is 7.67. The number of hydrogen-bond donors (Lipinski definition) is 1. The van der Waals surface area contributed by atoms with Gasteiger partial charge in [-0.2, -0.15) is 0 Å². The Kier molecular flexibility index (Phi) is 7.35. The number of anilines is 1. The lowest BCUT2D eigenvalue weighted by Gasteiger charge is -2.31. The number of halogens is 1. The molecule has 2 atom stereocenters. The minimum absolute atomic E-state index is 0.149. The quantitative estimate of drug-likeness (QED) is 0.798. The number of nitrogens with two attached hydrogens (primary N) is 1. The fourth-order valence-corrected chi connectivity index (χ4v) is 2.58. The first-order chi connectivity index (χ1) is 9.49. The molecule has 0 fully saturated rings. The van der Waals surface area contributed by atoms with E-state index in [9.17, 15) is 0 Å². The van der Waals surface area contributed by atoms with Gasteiger partial charge in [-0.15, -0.1) is 0 Å². The van der Waals surface area contributed by atoms with Crippen molar-refractivity contribution in [2.45, 2.75) is 45.7 Å². The molecule has 0 spiro atoms. The first-order valence-electron chi connectivity index (χ1n) is 7.29. The van der Waals surface area contributed by atoms with Crippen molar-refractivity contribution in [1.82, 2.24) is 0 Å². The van der Waals surface area contributed by atoms with Crippen molar-refractivity contribution in [2.24, 2.45) is 5.73 Å². The second kappa shape index (κ2) is 8.50. The van der Waals surface area contributed by atoms with Gasteiger partial charge >= 0.3 is 0 Å². The van der Waals surface area contributed by atoms with Crippen LogP contribution in [0.15, 0.2) is 18.2 Å². The maximum Gasteiger partial charge on any atom is 0.0642 e. The highest BCUT2D eigenvalue weighted by Crippen LogP contribution is 2.29. The maximum absolute atomic E-state index is 6.46. The second-order valence-corrected chi connectivity index (χ2v) is 5.82. The molecule has 4 heteroatoms. The van der Waals surface area contributed by atoms with E-state index in [-0.39, 0.29) is 6.04 Å². The van der Waals surface area contributed by atoms with Crippen molar-refractivity contribution in [3.8, 4) is 0 Å². The molecule has 1 aromatic carbocycles. The van der Waals surface area contributed by atoms with Crippen LogP contribution >= 0.6 is 11.6 Å². The zero-order chi connectivity index (χ0) is 15.1. The molecule has 1 rings (SSSR count). The Hall–Kier alpha value is -0.770. The topological polar surface area (TPSA) is 38.5 Å². The van der Waals surface area contributed by atoms with E-state index >= 15 is 0 Å². The number of rotatable bonds is 8. The van der Waals surface area contributed by atoms with Crippen molar-refractivity contribution in [3.05, 3.63) is 28.8 Å². The lowest BCUT2D eigenvalue weighted by molar-refractivity contribution is 0.203. The SMILES string of the molecule is CCC(C)N(CCOC)c1ccc(CC(C)N)cc1Cl. The standard InChI is InChI=1S/C16H27ClN2O/c1-5-13(3)19(8-9-20-4)16-7-6-14(10-12(2)18)11-15(16)17/h6-7,11-13H,5,8-10,18H2,1-4H3. The highest BCUT2D eigenvalue weighted by Gasteiger charge is 2.16. The number of hydrogen-bond acceptors (Lipinski definition) is 3. The van der Waals surface area contributed by atoms with Crippen LogP contribution in [-0.2, 0) is 11.2 Å².